The summed E-state index contributed by atoms with van der Waals surface area (Å²) in [4.78, 5) is 20.6. The number of hydrogen-bond donors (Lipinski definition) is 1. The zero-order chi connectivity index (χ0) is 26.9. The van der Waals surface area contributed by atoms with Crippen molar-refractivity contribution in [2.45, 2.75) is 57.0 Å². The van der Waals surface area contributed by atoms with E-state index >= 15 is 0 Å². The number of ether oxygens (including phenoxy) is 2. The van der Waals surface area contributed by atoms with Gasteiger partial charge in [0.1, 0.15) is 0 Å². The second-order valence-electron chi connectivity index (χ2n) is 10.1. The van der Waals surface area contributed by atoms with E-state index in [-0.39, 0.29) is 23.2 Å². The number of amides is 1. The number of alkyl halides is 3. The smallest absolute Gasteiger partial charge is 0.422 e. The standard InChI is InChI=1S/C26H32F3N5O3S/c1-33-12-19-18(4-3-5-20(19)32-33)24(35)30-17-8-6-16(7-9-17)22(36-2)14-34-11-10-23-21(13-34)31-25(38-23)37-15-26(27,28)29/h3-5,12,16-17,22H,6-11,13-15H2,1-2H3,(H,30,35). The quantitative estimate of drug-likeness (QED) is 0.449. The summed E-state index contributed by atoms with van der Waals surface area (Å²) in [7, 11) is 3.58. The van der Waals surface area contributed by atoms with Gasteiger partial charge < -0.3 is 14.8 Å². The van der Waals surface area contributed by atoms with Crippen LogP contribution in [0, 0.1) is 5.92 Å². The highest BCUT2D eigenvalue weighted by Crippen LogP contribution is 2.33. The van der Waals surface area contributed by atoms with Gasteiger partial charge in [0.05, 0.1) is 22.9 Å². The Morgan fingerprint density at radius 3 is 2.79 bits per heavy atom. The zero-order valence-corrected chi connectivity index (χ0v) is 22.3. The third-order valence-corrected chi connectivity index (χ3v) is 8.50. The minimum atomic E-state index is -4.38. The van der Waals surface area contributed by atoms with Crippen molar-refractivity contribution in [2.24, 2.45) is 13.0 Å². The van der Waals surface area contributed by atoms with Gasteiger partial charge in [0.2, 0.25) is 0 Å². The molecule has 8 nitrogen and oxygen atoms in total. The summed E-state index contributed by atoms with van der Waals surface area (Å²) < 4.78 is 49.9. The summed E-state index contributed by atoms with van der Waals surface area (Å²) in [6.45, 7) is 0.791. The molecule has 3 heterocycles. The molecule has 3 aromatic rings. The largest absolute Gasteiger partial charge is 0.460 e. The molecule has 1 unspecified atom stereocenters. The van der Waals surface area contributed by atoms with Crippen LogP contribution < -0.4 is 10.1 Å². The maximum absolute atomic E-state index is 13.0. The third kappa shape index (κ3) is 6.29. The lowest BCUT2D eigenvalue weighted by molar-refractivity contribution is -0.153. The van der Waals surface area contributed by atoms with Gasteiger partial charge in [0, 0.05) is 56.3 Å². The number of nitrogens with one attached hydrogen (secondary N) is 1. The van der Waals surface area contributed by atoms with Crippen LogP contribution in [-0.4, -0.2) is 70.7 Å². The summed E-state index contributed by atoms with van der Waals surface area (Å²) in [6.07, 6.45) is 1.94. The van der Waals surface area contributed by atoms with Crippen molar-refractivity contribution in [2.75, 3.05) is 26.8 Å². The van der Waals surface area contributed by atoms with Crippen molar-refractivity contribution in [3.05, 3.63) is 40.5 Å². The van der Waals surface area contributed by atoms with Gasteiger partial charge in [-0.05, 0) is 50.2 Å². The van der Waals surface area contributed by atoms with Gasteiger partial charge in [0.15, 0.2) is 6.61 Å². The van der Waals surface area contributed by atoms with E-state index < -0.39 is 12.8 Å². The second-order valence-corrected chi connectivity index (χ2v) is 11.2. The SMILES string of the molecule is COC(CN1CCc2sc(OCC(F)(F)F)nc2C1)C1CCC(NC(=O)c2cccc3nn(C)cc23)CC1. The number of halogens is 3. The Labute approximate surface area is 223 Å². The van der Waals surface area contributed by atoms with E-state index in [0.29, 0.717) is 18.0 Å². The van der Waals surface area contributed by atoms with Crippen LogP contribution >= 0.6 is 11.3 Å². The first-order chi connectivity index (χ1) is 18.2. The molecule has 1 atom stereocenters. The first kappa shape index (κ1) is 26.9. The van der Waals surface area contributed by atoms with Gasteiger partial charge in [-0.3, -0.25) is 14.4 Å². The molecule has 1 aliphatic carbocycles. The molecule has 1 aromatic carbocycles. The highest BCUT2D eigenvalue weighted by atomic mass is 32.1. The van der Waals surface area contributed by atoms with Crippen molar-refractivity contribution in [1.29, 1.82) is 0 Å². The molecule has 0 radical (unpaired) electrons. The minimum Gasteiger partial charge on any atom is -0.460 e. The Balaban J connectivity index is 1.12. The number of aryl methyl sites for hydroxylation is 1. The summed E-state index contributed by atoms with van der Waals surface area (Å²) in [5.41, 5.74) is 2.24. The number of rotatable bonds is 8. The highest BCUT2D eigenvalue weighted by molar-refractivity contribution is 7.13. The Morgan fingerprint density at radius 2 is 2.05 bits per heavy atom. The molecule has 2 aliphatic rings. The maximum atomic E-state index is 13.0. The molecule has 206 valence electrons. The number of methoxy groups -OCH3 is 1. The molecule has 1 aliphatic heterocycles. The number of carbonyl (C=O) groups is 1. The molecule has 0 bridgehead atoms. The average molecular weight is 552 g/mol. The van der Waals surface area contributed by atoms with Crippen molar-refractivity contribution < 1.29 is 27.4 Å². The van der Waals surface area contributed by atoms with Crippen LogP contribution in [-0.2, 0) is 24.8 Å². The van der Waals surface area contributed by atoms with Crippen LogP contribution in [0.5, 0.6) is 5.19 Å². The Morgan fingerprint density at radius 1 is 1.26 bits per heavy atom. The Bertz CT molecular complexity index is 1270. The fourth-order valence-electron chi connectivity index (χ4n) is 5.52. The van der Waals surface area contributed by atoms with E-state index in [9.17, 15) is 18.0 Å². The minimum absolute atomic E-state index is 0.0388. The Kier molecular flexibility index (Phi) is 7.92. The molecule has 12 heteroatoms. The second kappa shape index (κ2) is 11.2. The van der Waals surface area contributed by atoms with Crippen molar-refractivity contribution in [1.82, 2.24) is 25.0 Å². The summed E-state index contributed by atoms with van der Waals surface area (Å²) in [6, 6.07) is 5.71. The summed E-state index contributed by atoms with van der Waals surface area (Å²) >= 11 is 1.21. The summed E-state index contributed by atoms with van der Waals surface area (Å²) in [5.74, 6) is 0.304. The molecule has 1 saturated carbocycles. The molecule has 1 fully saturated rings. The monoisotopic (exact) mass is 551 g/mol. The first-order valence-electron chi connectivity index (χ1n) is 12.8. The molecular formula is C26H32F3N5O3S. The zero-order valence-electron chi connectivity index (χ0n) is 21.5. The Hall–Kier alpha value is -2.70. The van der Waals surface area contributed by atoms with Crippen LogP contribution in [0.3, 0.4) is 0 Å². The number of benzene rings is 1. The fraction of sp³-hybridized carbons (Fsp3) is 0.577. The lowest BCUT2D eigenvalue weighted by atomic mass is 9.82. The molecule has 1 amide bonds. The predicted octanol–water partition coefficient (Wildman–Crippen LogP) is 4.33. The van der Waals surface area contributed by atoms with E-state index in [1.54, 1.807) is 11.8 Å². The topological polar surface area (TPSA) is 81.5 Å². The van der Waals surface area contributed by atoms with Gasteiger partial charge >= 0.3 is 6.18 Å². The van der Waals surface area contributed by atoms with Crippen LogP contribution in [0.25, 0.3) is 10.9 Å². The number of fused-ring (bicyclic) bond motifs is 2. The van der Waals surface area contributed by atoms with E-state index in [4.69, 9.17) is 9.47 Å². The fourth-order valence-corrected chi connectivity index (χ4v) is 6.42. The number of carbonyl (C=O) groups excluding carboxylic acids is 1. The molecule has 38 heavy (non-hydrogen) atoms. The van der Waals surface area contributed by atoms with Crippen LogP contribution in [0.2, 0.25) is 0 Å². The van der Waals surface area contributed by atoms with E-state index in [1.807, 2.05) is 31.4 Å². The van der Waals surface area contributed by atoms with Crippen LogP contribution in [0.1, 0.15) is 46.6 Å². The van der Waals surface area contributed by atoms with Gasteiger partial charge in [-0.2, -0.15) is 18.3 Å². The molecule has 2 aromatic heterocycles. The van der Waals surface area contributed by atoms with E-state index in [1.165, 1.54) is 11.3 Å². The number of aromatic nitrogens is 3. The van der Waals surface area contributed by atoms with E-state index in [0.717, 1.165) is 66.7 Å². The van der Waals surface area contributed by atoms with Crippen molar-refractivity contribution in [3.8, 4) is 5.19 Å². The van der Waals surface area contributed by atoms with Crippen LogP contribution in [0.15, 0.2) is 24.4 Å². The van der Waals surface area contributed by atoms with Crippen LogP contribution in [0.4, 0.5) is 13.2 Å². The average Bonchev–Trinajstić information content (AvgIpc) is 3.47. The number of hydrogen-bond acceptors (Lipinski definition) is 7. The van der Waals surface area contributed by atoms with Crippen molar-refractivity contribution >= 4 is 28.1 Å². The molecule has 1 N–H and O–H groups in total. The van der Waals surface area contributed by atoms with Gasteiger partial charge in [-0.15, -0.1) is 0 Å². The maximum Gasteiger partial charge on any atom is 0.422 e. The van der Waals surface area contributed by atoms with E-state index in [2.05, 4.69) is 20.3 Å². The molecule has 0 spiro atoms. The normalized spacial score (nSPS) is 21.3. The highest BCUT2D eigenvalue weighted by Gasteiger charge is 2.32. The summed E-state index contributed by atoms with van der Waals surface area (Å²) in [5, 5.41) is 8.53. The third-order valence-electron chi connectivity index (χ3n) is 7.43. The van der Waals surface area contributed by atoms with Gasteiger partial charge in [-0.25, -0.2) is 4.98 Å². The predicted molar refractivity (Wildman–Crippen MR) is 137 cm³/mol. The lowest BCUT2D eigenvalue weighted by Gasteiger charge is -2.36. The van der Waals surface area contributed by atoms with Gasteiger partial charge in [0.25, 0.3) is 11.1 Å². The number of thiazole rings is 1. The number of nitrogens with zero attached hydrogens (tertiary/aromatic N) is 4. The van der Waals surface area contributed by atoms with Gasteiger partial charge in [-0.1, -0.05) is 17.4 Å². The molecule has 0 saturated heterocycles. The lowest BCUT2D eigenvalue weighted by Crippen LogP contribution is -2.44. The molecule has 5 rings (SSSR count). The first-order valence-corrected chi connectivity index (χ1v) is 13.7. The van der Waals surface area contributed by atoms with Crippen molar-refractivity contribution in [3.63, 3.8) is 0 Å². The molecular weight excluding hydrogens is 519 g/mol.